The highest BCUT2D eigenvalue weighted by atomic mass is 16.1. The van der Waals surface area contributed by atoms with Crippen LogP contribution in [0, 0.1) is 29.1 Å². The van der Waals surface area contributed by atoms with Crippen molar-refractivity contribution in [2.24, 2.45) is 29.1 Å². The number of Topliss-reactive ketones (excluding diaryl/α,β-unsaturated/α-hetero) is 2. The Hall–Kier alpha value is -0.920. The van der Waals surface area contributed by atoms with Crippen LogP contribution < -0.4 is 0 Å². The second-order valence-electron chi connectivity index (χ2n) is 8.34. The highest BCUT2D eigenvalue weighted by Gasteiger charge is 2.54. The fourth-order valence-corrected chi connectivity index (χ4v) is 4.62. The first-order chi connectivity index (χ1) is 10.3. The molecule has 0 saturated heterocycles. The lowest BCUT2D eigenvalue weighted by molar-refractivity contribution is -0.132. The topological polar surface area (TPSA) is 34.1 Å². The van der Waals surface area contributed by atoms with Gasteiger partial charge in [-0.25, -0.2) is 0 Å². The Morgan fingerprint density at radius 1 is 1.23 bits per heavy atom. The molecule has 1 fully saturated rings. The zero-order valence-corrected chi connectivity index (χ0v) is 14.9. The Bertz CT molecular complexity index is 474. The zero-order chi connectivity index (χ0) is 16.5. The normalized spacial score (nSPS) is 40.1. The van der Waals surface area contributed by atoms with E-state index in [9.17, 15) is 9.59 Å². The first kappa shape index (κ1) is 17.4. The van der Waals surface area contributed by atoms with Gasteiger partial charge in [0.25, 0.3) is 0 Å². The molecule has 0 bridgehead atoms. The average molecular weight is 304 g/mol. The number of carbonyl (C=O) groups is 2. The number of carbonyl (C=O) groups excluding carboxylic acids is 2. The molecule has 0 aromatic carbocycles. The third kappa shape index (κ3) is 3.36. The molecule has 0 aromatic rings. The van der Waals surface area contributed by atoms with Gasteiger partial charge in [-0.2, -0.15) is 0 Å². The van der Waals surface area contributed by atoms with Gasteiger partial charge in [0.15, 0.2) is 0 Å². The summed E-state index contributed by atoms with van der Waals surface area (Å²) in [7, 11) is 0. The number of fused-ring (bicyclic) bond motifs is 1. The molecule has 2 rings (SSSR count). The Labute approximate surface area is 135 Å². The number of hydrogen-bond donors (Lipinski definition) is 0. The van der Waals surface area contributed by atoms with Crippen LogP contribution in [-0.2, 0) is 9.59 Å². The van der Waals surface area contributed by atoms with Crippen LogP contribution in [0.3, 0.4) is 0 Å². The minimum absolute atomic E-state index is 0.0674. The van der Waals surface area contributed by atoms with Crippen LogP contribution in [0.2, 0.25) is 0 Å². The monoisotopic (exact) mass is 304 g/mol. The predicted octanol–water partition coefficient (Wildman–Crippen LogP) is 4.97. The molecular weight excluding hydrogens is 272 g/mol. The van der Waals surface area contributed by atoms with Crippen LogP contribution >= 0.6 is 0 Å². The fourth-order valence-electron chi connectivity index (χ4n) is 4.62. The Morgan fingerprint density at radius 3 is 2.55 bits per heavy atom. The quantitative estimate of drug-likeness (QED) is 0.641. The lowest BCUT2D eigenvalue weighted by atomic mass is 9.68. The van der Waals surface area contributed by atoms with Crippen molar-refractivity contribution in [1.82, 2.24) is 0 Å². The molecule has 2 aliphatic carbocycles. The van der Waals surface area contributed by atoms with Crippen molar-refractivity contribution in [2.45, 2.75) is 73.1 Å². The lowest BCUT2D eigenvalue weighted by Crippen LogP contribution is -2.36. The summed E-state index contributed by atoms with van der Waals surface area (Å²) in [6.45, 7) is 10.7. The Morgan fingerprint density at radius 2 is 1.91 bits per heavy atom. The smallest absolute Gasteiger partial charge is 0.139 e. The van der Waals surface area contributed by atoms with Crippen molar-refractivity contribution in [1.29, 1.82) is 0 Å². The van der Waals surface area contributed by atoms with Gasteiger partial charge >= 0.3 is 0 Å². The van der Waals surface area contributed by atoms with E-state index >= 15 is 0 Å². The Balaban J connectivity index is 2.36. The highest BCUT2D eigenvalue weighted by molar-refractivity contribution is 5.96. The van der Waals surface area contributed by atoms with Gasteiger partial charge in [-0.05, 0) is 50.4 Å². The molecule has 2 nitrogen and oxygen atoms in total. The maximum Gasteiger partial charge on any atom is 0.139 e. The molecule has 0 heterocycles. The van der Waals surface area contributed by atoms with Crippen LogP contribution in [0.4, 0.5) is 0 Å². The van der Waals surface area contributed by atoms with E-state index in [1.807, 2.05) is 0 Å². The van der Waals surface area contributed by atoms with Gasteiger partial charge in [0.1, 0.15) is 11.6 Å². The zero-order valence-electron chi connectivity index (χ0n) is 14.9. The summed E-state index contributed by atoms with van der Waals surface area (Å²) in [5.41, 5.74) is 0.996. The minimum atomic E-state index is -0.426. The number of ketones is 2. The van der Waals surface area contributed by atoms with E-state index in [4.69, 9.17) is 0 Å². The van der Waals surface area contributed by atoms with Gasteiger partial charge in [-0.15, -0.1) is 0 Å². The maximum atomic E-state index is 13.0. The molecule has 0 N–H and O–H groups in total. The van der Waals surface area contributed by atoms with Crippen LogP contribution in [0.1, 0.15) is 73.1 Å². The van der Waals surface area contributed by atoms with Gasteiger partial charge in [-0.1, -0.05) is 39.3 Å². The fraction of sp³-hybridized carbons (Fsp3) is 0.800. The third-order valence-corrected chi connectivity index (χ3v) is 6.06. The highest BCUT2D eigenvalue weighted by Crippen LogP contribution is 2.51. The van der Waals surface area contributed by atoms with E-state index in [1.165, 1.54) is 5.57 Å². The van der Waals surface area contributed by atoms with E-state index in [2.05, 4.69) is 40.7 Å². The molecule has 2 heteroatoms. The van der Waals surface area contributed by atoms with Crippen molar-refractivity contribution >= 4 is 11.6 Å². The number of allylic oxidation sites excluding steroid dienone is 2. The van der Waals surface area contributed by atoms with Crippen LogP contribution in [0.15, 0.2) is 11.6 Å². The van der Waals surface area contributed by atoms with Gasteiger partial charge in [-0.3, -0.25) is 9.59 Å². The SMILES string of the molecule is C/C1=C\CC[C@@H](C)CC(=O)[C@]2(C)CC(=O)[C@H](C(C)C)[C@@H]2CC1. The van der Waals surface area contributed by atoms with Gasteiger partial charge in [0, 0.05) is 24.2 Å². The number of hydrogen-bond acceptors (Lipinski definition) is 2. The molecule has 22 heavy (non-hydrogen) atoms. The van der Waals surface area contributed by atoms with Crippen LogP contribution in [-0.4, -0.2) is 11.6 Å². The van der Waals surface area contributed by atoms with Crippen molar-refractivity contribution in [2.75, 3.05) is 0 Å². The lowest BCUT2D eigenvalue weighted by Gasteiger charge is -2.34. The van der Waals surface area contributed by atoms with Gasteiger partial charge in [0.2, 0.25) is 0 Å². The van der Waals surface area contributed by atoms with E-state index in [0.717, 1.165) is 25.7 Å². The molecule has 0 aliphatic heterocycles. The molecule has 0 amide bonds. The molecule has 0 unspecified atom stereocenters. The molecular formula is C20H32O2. The van der Waals surface area contributed by atoms with E-state index in [0.29, 0.717) is 36.2 Å². The van der Waals surface area contributed by atoms with E-state index < -0.39 is 5.41 Å². The second-order valence-corrected chi connectivity index (χ2v) is 8.34. The minimum Gasteiger partial charge on any atom is -0.299 e. The molecule has 0 radical (unpaired) electrons. The summed E-state index contributed by atoms with van der Waals surface area (Å²) >= 11 is 0. The summed E-state index contributed by atoms with van der Waals surface area (Å²) in [4.78, 5) is 25.6. The first-order valence-electron chi connectivity index (χ1n) is 8.97. The van der Waals surface area contributed by atoms with Crippen molar-refractivity contribution in [3.63, 3.8) is 0 Å². The van der Waals surface area contributed by atoms with Crippen molar-refractivity contribution < 1.29 is 9.59 Å². The van der Waals surface area contributed by atoms with Crippen LogP contribution in [0.25, 0.3) is 0 Å². The largest absolute Gasteiger partial charge is 0.299 e. The third-order valence-electron chi connectivity index (χ3n) is 6.06. The molecule has 0 aromatic heterocycles. The van der Waals surface area contributed by atoms with Crippen molar-refractivity contribution in [3.05, 3.63) is 11.6 Å². The van der Waals surface area contributed by atoms with Crippen LogP contribution in [0.5, 0.6) is 0 Å². The predicted molar refractivity (Wildman–Crippen MR) is 90.6 cm³/mol. The Kier molecular flexibility index (Phi) is 5.29. The number of rotatable bonds is 1. The molecule has 124 valence electrons. The summed E-state index contributed by atoms with van der Waals surface area (Å²) in [6.07, 6.45) is 7.60. The van der Waals surface area contributed by atoms with E-state index in [-0.39, 0.29) is 11.8 Å². The molecule has 0 spiro atoms. The van der Waals surface area contributed by atoms with E-state index in [1.54, 1.807) is 0 Å². The summed E-state index contributed by atoms with van der Waals surface area (Å²) in [5, 5.41) is 0. The summed E-state index contributed by atoms with van der Waals surface area (Å²) in [5.74, 6) is 1.70. The standard InChI is InChI=1S/C20H32O2/c1-13(2)19-16-10-9-14(3)7-6-8-15(4)11-18(22)20(16,5)12-17(19)21/h7,13,15-16,19H,6,8-12H2,1-5H3/b14-7+/t15-,16+,19-,20-/m1/s1. The summed E-state index contributed by atoms with van der Waals surface area (Å²) < 4.78 is 0. The molecule has 1 saturated carbocycles. The summed E-state index contributed by atoms with van der Waals surface area (Å²) in [6, 6.07) is 0. The molecule has 4 atom stereocenters. The maximum absolute atomic E-state index is 13.0. The second kappa shape index (κ2) is 6.68. The first-order valence-corrected chi connectivity index (χ1v) is 8.97. The van der Waals surface area contributed by atoms with Gasteiger partial charge < -0.3 is 0 Å². The van der Waals surface area contributed by atoms with Gasteiger partial charge in [0.05, 0.1) is 0 Å². The molecule has 2 aliphatic rings. The average Bonchev–Trinajstić information content (AvgIpc) is 2.67. The van der Waals surface area contributed by atoms with Crippen molar-refractivity contribution in [3.8, 4) is 0 Å².